The van der Waals surface area contributed by atoms with Gasteiger partial charge < -0.3 is 18.9 Å². The maximum atomic E-state index is 10.3. The number of rotatable bonds is 20. The van der Waals surface area contributed by atoms with E-state index in [2.05, 4.69) is 11.4 Å². The van der Waals surface area contributed by atoms with Crippen molar-refractivity contribution in [3.8, 4) is 0 Å². The number of phosphoric acid groups is 1. The number of phosphoric ester groups is 1. The maximum absolute atomic E-state index is 10.3. The summed E-state index contributed by atoms with van der Waals surface area (Å²) in [6.07, 6.45) is 23.3. The van der Waals surface area contributed by atoms with Crippen LogP contribution in [0.15, 0.2) is 0 Å². The van der Waals surface area contributed by atoms with Gasteiger partial charge in [-0.1, -0.05) is 116 Å². The first kappa shape index (κ1) is 29.3. The predicted molar refractivity (Wildman–Crippen MR) is 102 cm³/mol. The molecule has 152 valence electrons. The summed E-state index contributed by atoms with van der Waals surface area (Å²) in [5.41, 5.74) is 0. The largest absolute Gasteiger partial charge is 1.00 e. The van der Waals surface area contributed by atoms with Crippen LogP contribution in [0.3, 0.4) is 0 Å². The third kappa shape index (κ3) is 27.3. The fourth-order valence-corrected chi connectivity index (χ4v) is 3.53. The molecule has 0 aliphatic rings. The van der Waals surface area contributed by atoms with Gasteiger partial charge in [0.05, 0.1) is 14.4 Å². The fraction of sp³-hybridized carbons (Fsp3) is 1.00. The van der Waals surface area contributed by atoms with Crippen LogP contribution in [0, 0.1) is 0 Å². The quantitative estimate of drug-likeness (QED) is 0.179. The van der Waals surface area contributed by atoms with Crippen LogP contribution in [-0.2, 0) is 9.09 Å². The minimum absolute atomic E-state index is 0. The molecule has 4 nitrogen and oxygen atoms in total. The van der Waals surface area contributed by atoms with Crippen molar-refractivity contribution in [3.05, 3.63) is 0 Å². The van der Waals surface area contributed by atoms with Gasteiger partial charge in [-0.2, -0.15) is 0 Å². The van der Waals surface area contributed by atoms with Crippen molar-refractivity contribution in [2.45, 2.75) is 122 Å². The number of hydrogen-bond donors (Lipinski definition) is 0. The van der Waals surface area contributed by atoms with Crippen molar-refractivity contribution in [1.82, 2.24) is 0 Å². The predicted octanol–water partition coefficient (Wildman–Crippen LogP) is 2.88. The van der Waals surface area contributed by atoms with E-state index in [9.17, 15) is 14.4 Å². The van der Waals surface area contributed by atoms with Gasteiger partial charge in [-0.3, -0.25) is 0 Å². The van der Waals surface area contributed by atoms with Gasteiger partial charge in [0.15, 0.2) is 0 Å². The minimum atomic E-state index is -4.76. The minimum Gasteiger partial charge on any atom is -0.790 e. The van der Waals surface area contributed by atoms with Crippen LogP contribution in [0.4, 0.5) is 0 Å². The summed E-state index contributed by atoms with van der Waals surface area (Å²) >= 11 is 0. The number of unbranched alkanes of at least 4 members (excludes halogenated alkanes) is 17. The van der Waals surface area contributed by atoms with Crippen LogP contribution in [-0.4, -0.2) is 6.61 Å². The summed E-state index contributed by atoms with van der Waals surface area (Å²) in [5, 5.41) is 0. The average molecular weight is 400 g/mol. The molecule has 0 aromatic heterocycles. The van der Waals surface area contributed by atoms with E-state index in [1.165, 1.54) is 96.3 Å². The third-order valence-corrected chi connectivity index (χ3v) is 5.25. The van der Waals surface area contributed by atoms with Crippen LogP contribution in [0.1, 0.15) is 122 Å². The van der Waals surface area contributed by atoms with Gasteiger partial charge in [-0.05, 0) is 6.42 Å². The van der Waals surface area contributed by atoms with Crippen molar-refractivity contribution in [3.63, 3.8) is 0 Å². The van der Waals surface area contributed by atoms with E-state index in [4.69, 9.17) is 0 Å². The summed E-state index contributed by atoms with van der Waals surface area (Å²) < 4.78 is 14.5. The molecular formula is C20H41NaO4P-. The molecule has 0 aliphatic carbocycles. The summed E-state index contributed by atoms with van der Waals surface area (Å²) in [5.74, 6) is 0. The zero-order valence-corrected chi connectivity index (χ0v) is 20.4. The Labute approximate surface area is 184 Å². The van der Waals surface area contributed by atoms with Crippen LogP contribution in [0.5, 0.6) is 0 Å². The molecule has 0 spiro atoms. The smallest absolute Gasteiger partial charge is 0.790 e. The molecule has 0 amide bonds. The molecule has 0 aromatic carbocycles. The van der Waals surface area contributed by atoms with Gasteiger partial charge in [0, 0.05) is 0 Å². The van der Waals surface area contributed by atoms with E-state index in [-0.39, 0.29) is 36.2 Å². The van der Waals surface area contributed by atoms with Gasteiger partial charge in [0.25, 0.3) is 0 Å². The Hall–Kier alpha value is 1.11. The molecule has 0 rings (SSSR count). The van der Waals surface area contributed by atoms with E-state index in [0.717, 1.165) is 12.8 Å². The zero-order valence-electron chi connectivity index (χ0n) is 17.5. The van der Waals surface area contributed by atoms with E-state index < -0.39 is 7.82 Å². The first-order chi connectivity index (χ1) is 12.1. The zero-order chi connectivity index (χ0) is 18.6. The Bertz CT molecular complexity index is 310. The van der Waals surface area contributed by atoms with Gasteiger partial charge in [-0.25, -0.2) is 0 Å². The molecule has 0 saturated heterocycles. The summed E-state index contributed by atoms with van der Waals surface area (Å²) in [4.78, 5) is 20.5. The second kappa shape index (κ2) is 22.4. The van der Waals surface area contributed by atoms with Crippen molar-refractivity contribution in [2.75, 3.05) is 6.61 Å². The van der Waals surface area contributed by atoms with E-state index in [1.807, 2.05) is 0 Å². The fourth-order valence-electron chi connectivity index (χ4n) is 3.18. The van der Waals surface area contributed by atoms with E-state index in [0.29, 0.717) is 6.42 Å². The van der Waals surface area contributed by atoms with E-state index >= 15 is 0 Å². The van der Waals surface area contributed by atoms with Gasteiger partial charge in [0.1, 0.15) is 0 Å². The van der Waals surface area contributed by atoms with Crippen LogP contribution in [0.25, 0.3) is 0 Å². The van der Waals surface area contributed by atoms with Gasteiger partial charge in [0.2, 0.25) is 0 Å². The van der Waals surface area contributed by atoms with Crippen molar-refractivity contribution < 1.29 is 48.4 Å². The molecule has 0 saturated carbocycles. The molecule has 0 bridgehead atoms. The monoisotopic (exact) mass is 399 g/mol. The third-order valence-electron chi connectivity index (χ3n) is 4.75. The van der Waals surface area contributed by atoms with Gasteiger partial charge in [-0.15, -0.1) is 0 Å². The van der Waals surface area contributed by atoms with Crippen LogP contribution < -0.4 is 39.3 Å². The molecule has 0 fully saturated rings. The molecule has 0 N–H and O–H groups in total. The maximum Gasteiger partial charge on any atom is 1.00 e. The molecule has 0 radical (unpaired) electrons. The van der Waals surface area contributed by atoms with Crippen molar-refractivity contribution >= 4 is 7.82 Å². The van der Waals surface area contributed by atoms with Crippen molar-refractivity contribution in [2.24, 2.45) is 0 Å². The SMILES string of the molecule is CCCCCCCCCCCCCCCCCCCCOP(=O)([O-])[O-].[Na+]. The first-order valence-corrected chi connectivity index (χ1v) is 12.2. The second-order valence-electron chi connectivity index (χ2n) is 7.29. The molecule has 0 aliphatic heterocycles. The molecule has 0 unspecified atom stereocenters. The molecule has 0 atom stereocenters. The first-order valence-electron chi connectivity index (χ1n) is 10.7. The summed E-state index contributed by atoms with van der Waals surface area (Å²) in [6, 6.07) is 0. The molecule has 0 aromatic rings. The molecular weight excluding hydrogens is 358 g/mol. The molecule has 0 heterocycles. The summed E-state index contributed by atoms with van der Waals surface area (Å²) in [7, 11) is -4.76. The van der Waals surface area contributed by atoms with Gasteiger partial charge >= 0.3 is 29.6 Å². The Kier molecular flexibility index (Phi) is 25.3. The van der Waals surface area contributed by atoms with E-state index in [1.54, 1.807) is 0 Å². The second-order valence-corrected chi connectivity index (χ2v) is 8.44. The standard InChI is InChI=1S/C20H43O4P.Na/c1-2-3-4-5-6-7-8-9-10-11-12-13-14-15-16-17-18-19-20-24-25(21,22)23;/h2-20H2,1H3,(H2,21,22,23);/q;+1/p-2. The van der Waals surface area contributed by atoms with Crippen LogP contribution >= 0.6 is 7.82 Å². The molecule has 6 heteroatoms. The van der Waals surface area contributed by atoms with Crippen molar-refractivity contribution in [1.29, 1.82) is 0 Å². The topological polar surface area (TPSA) is 72.4 Å². The Morgan fingerprint density at radius 3 is 1.12 bits per heavy atom. The number of hydrogen-bond acceptors (Lipinski definition) is 4. The Balaban J connectivity index is 0. The molecule has 26 heavy (non-hydrogen) atoms. The Morgan fingerprint density at radius 2 is 0.846 bits per heavy atom. The average Bonchev–Trinajstić information content (AvgIpc) is 2.56. The Morgan fingerprint density at radius 1 is 0.577 bits per heavy atom. The van der Waals surface area contributed by atoms with Crippen LogP contribution in [0.2, 0.25) is 0 Å². The normalized spacial score (nSPS) is 11.5. The summed E-state index contributed by atoms with van der Waals surface area (Å²) in [6.45, 7) is 2.31.